The number of aromatic nitrogens is 4. The van der Waals surface area contributed by atoms with Gasteiger partial charge in [0.15, 0.2) is 0 Å². The quantitative estimate of drug-likeness (QED) is 0.749. The van der Waals surface area contributed by atoms with E-state index in [4.69, 9.17) is 0 Å². The number of aliphatic hydroxyl groups excluding tert-OH is 1. The molecule has 3 aromatic rings. The molecule has 0 saturated carbocycles. The molecule has 6 heteroatoms. The van der Waals surface area contributed by atoms with E-state index in [1.165, 1.54) is 6.33 Å². The molecule has 0 aliphatic rings. The number of hydrogen-bond acceptors (Lipinski definition) is 5. The molecule has 2 N–H and O–H groups in total. The molecule has 3 rings (SSSR count). The molecule has 0 saturated heterocycles. The van der Waals surface area contributed by atoms with Crippen LogP contribution in [0.3, 0.4) is 0 Å². The van der Waals surface area contributed by atoms with E-state index in [1.807, 2.05) is 43.3 Å². The zero-order valence-corrected chi connectivity index (χ0v) is 11.8. The molecule has 2 aromatic heterocycles. The minimum Gasteiger partial charge on any atom is -0.394 e. The Morgan fingerprint density at radius 1 is 1.29 bits per heavy atom. The third kappa shape index (κ3) is 2.71. The summed E-state index contributed by atoms with van der Waals surface area (Å²) in [7, 11) is 0. The highest BCUT2D eigenvalue weighted by Gasteiger charge is 2.12. The monoisotopic (exact) mass is 283 g/mol. The standard InChI is InChI=1S/C15H17N5O/c1-2-12(9-21)18-14-8-13(11-6-4-3-5-7-11)19-15-16-10-17-20(14)15/h3-8,10,12,18,21H,2,9H2,1H3/t12-/m0/s1. The number of hydrogen-bond donors (Lipinski definition) is 2. The van der Waals surface area contributed by atoms with Gasteiger partial charge in [-0.2, -0.15) is 14.6 Å². The Hall–Kier alpha value is -2.47. The van der Waals surface area contributed by atoms with Crippen molar-refractivity contribution in [3.8, 4) is 11.3 Å². The Labute approximate surface area is 122 Å². The van der Waals surface area contributed by atoms with Crippen LogP contribution in [0.1, 0.15) is 13.3 Å². The Morgan fingerprint density at radius 2 is 2.10 bits per heavy atom. The predicted octanol–water partition coefficient (Wildman–Crippen LogP) is 1.97. The van der Waals surface area contributed by atoms with E-state index in [0.29, 0.717) is 5.78 Å². The molecular weight excluding hydrogens is 266 g/mol. The Morgan fingerprint density at radius 3 is 2.81 bits per heavy atom. The fraction of sp³-hybridized carbons (Fsp3) is 0.267. The summed E-state index contributed by atoms with van der Waals surface area (Å²) < 4.78 is 1.64. The summed E-state index contributed by atoms with van der Waals surface area (Å²) in [5.41, 5.74) is 1.84. The molecule has 0 aliphatic carbocycles. The van der Waals surface area contributed by atoms with E-state index >= 15 is 0 Å². The van der Waals surface area contributed by atoms with Crippen molar-refractivity contribution in [2.45, 2.75) is 19.4 Å². The average Bonchev–Trinajstić information content (AvgIpc) is 3.02. The van der Waals surface area contributed by atoms with Crippen molar-refractivity contribution in [3.63, 3.8) is 0 Å². The van der Waals surface area contributed by atoms with Crippen LogP contribution in [-0.4, -0.2) is 37.3 Å². The fourth-order valence-electron chi connectivity index (χ4n) is 2.16. The third-order valence-electron chi connectivity index (χ3n) is 3.39. The number of nitrogens with one attached hydrogen (secondary N) is 1. The summed E-state index contributed by atoms with van der Waals surface area (Å²) in [6.45, 7) is 2.08. The first kappa shape index (κ1) is 13.5. The molecule has 0 radical (unpaired) electrons. The van der Waals surface area contributed by atoms with Gasteiger partial charge in [0, 0.05) is 11.6 Å². The van der Waals surface area contributed by atoms with Gasteiger partial charge in [0.05, 0.1) is 18.3 Å². The van der Waals surface area contributed by atoms with Crippen LogP contribution in [0.5, 0.6) is 0 Å². The van der Waals surface area contributed by atoms with Crippen molar-refractivity contribution in [3.05, 3.63) is 42.7 Å². The zero-order chi connectivity index (χ0) is 14.7. The van der Waals surface area contributed by atoms with Gasteiger partial charge in [-0.1, -0.05) is 37.3 Å². The molecule has 108 valence electrons. The minimum atomic E-state index is -0.0246. The topological polar surface area (TPSA) is 75.3 Å². The van der Waals surface area contributed by atoms with Gasteiger partial charge in [0.1, 0.15) is 12.1 Å². The summed E-state index contributed by atoms with van der Waals surface area (Å²) in [6, 6.07) is 11.8. The summed E-state index contributed by atoms with van der Waals surface area (Å²) in [6.07, 6.45) is 2.29. The summed E-state index contributed by atoms with van der Waals surface area (Å²) in [5.74, 6) is 1.31. The lowest BCUT2D eigenvalue weighted by Gasteiger charge is -2.16. The maximum absolute atomic E-state index is 9.37. The number of anilines is 1. The summed E-state index contributed by atoms with van der Waals surface area (Å²) >= 11 is 0. The molecule has 6 nitrogen and oxygen atoms in total. The molecule has 0 fully saturated rings. The number of fused-ring (bicyclic) bond motifs is 1. The van der Waals surface area contributed by atoms with Gasteiger partial charge in [0.25, 0.3) is 5.78 Å². The third-order valence-corrected chi connectivity index (χ3v) is 3.39. The molecule has 1 aromatic carbocycles. The Kier molecular flexibility index (Phi) is 3.79. The molecule has 0 unspecified atom stereocenters. The second kappa shape index (κ2) is 5.88. The van der Waals surface area contributed by atoms with Crippen molar-refractivity contribution < 1.29 is 5.11 Å². The number of aliphatic hydroxyl groups is 1. The molecule has 21 heavy (non-hydrogen) atoms. The highest BCUT2D eigenvalue weighted by molar-refractivity contribution is 5.65. The molecule has 0 bridgehead atoms. The molecular formula is C15H17N5O. The first-order valence-electron chi connectivity index (χ1n) is 6.95. The largest absolute Gasteiger partial charge is 0.394 e. The van der Waals surface area contributed by atoms with Gasteiger partial charge in [-0.05, 0) is 6.42 Å². The van der Waals surface area contributed by atoms with E-state index in [9.17, 15) is 5.11 Å². The summed E-state index contributed by atoms with van der Waals surface area (Å²) in [4.78, 5) is 8.67. The van der Waals surface area contributed by atoms with Crippen molar-refractivity contribution in [2.24, 2.45) is 0 Å². The van der Waals surface area contributed by atoms with Gasteiger partial charge < -0.3 is 10.4 Å². The van der Waals surface area contributed by atoms with Crippen LogP contribution in [0.15, 0.2) is 42.7 Å². The van der Waals surface area contributed by atoms with E-state index in [-0.39, 0.29) is 12.6 Å². The van der Waals surface area contributed by atoms with Gasteiger partial charge in [-0.15, -0.1) is 0 Å². The Bertz CT molecular complexity index is 721. The van der Waals surface area contributed by atoms with Gasteiger partial charge in [-0.25, -0.2) is 4.98 Å². The smallest absolute Gasteiger partial charge is 0.254 e. The number of rotatable bonds is 5. The van der Waals surface area contributed by atoms with E-state index in [0.717, 1.165) is 23.5 Å². The fourth-order valence-corrected chi connectivity index (χ4v) is 2.16. The van der Waals surface area contributed by atoms with Crippen LogP contribution in [-0.2, 0) is 0 Å². The average molecular weight is 283 g/mol. The van der Waals surface area contributed by atoms with Crippen molar-refractivity contribution >= 4 is 11.6 Å². The van der Waals surface area contributed by atoms with Gasteiger partial charge >= 0.3 is 0 Å². The molecule has 1 atom stereocenters. The molecule has 0 aliphatic heterocycles. The predicted molar refractivity (Wildman–Crippen MR) is 81.0 cm³/mol. The second-order valence-corrected chi connectivity index (χ2v) is 4.80. The minimum absolute atomic E-state index is 0.0246. The normalized spacial score (nSPS) is 12.5. The number of nitrogens with zero attached hydrogens (tertiary/aromatic N) is 4. The zero-order valence-electron chi connectivity index (χ0n) is 11.8. The highest BCUT2D eigenvalue weighted by Crippen LogP contribution is 2.21. The van der Waals surface area contributed by atoms with E-state index in [1.54, 1.807) is 4.52 Å². The lowest BCUT2D eigenvalue weighted by atomic mass is 10.1. The first-order chi connectivity index (χ1) is 10.3. The lowest BCUT2D eigenvalue weighted by molar-refractivity contribution is 0.271. The van der Waals surface area contributed by atoms with Crippen LogP contribution in [0.25, 0.3) is 17.0 Å². The maximum atomic E-state index is 9.37. The summed E-state index contributed by atoms with van der Waals surface area (Å²) in [5, 5.41) is 16.8. The Balaban J connectivity index is 2.07. The second-order valence-electron chi connectivity index (χ2n) is 4.80. The van der Waals surface area contributed by atoms with E-state index in [2.05, 4.69) is 20.4 Å². The van der Waals surface area contributed by atoms with Crippen LogP contribution < -0.4 is 5.32 Å². The SMILES string of the molecule is CC[C@@H](CO)Nc1cc(-c2ccccc2)nc2ncnn12. The maximum Gasteiger partial charge on any atom is 0.254 e. The molecule has 2 heterocycles. The van der Waals surface area contributed by atoms with Crippen molar-refractivity contribution in [1.29, 1.82) is 0 Å². The van der Waals surface area contributed by atoms with E-state index < -0.39 is 0 Å². The van der Waals surface area contributed by atoms with Crippen LogP contribution in [0, 0.1) is 0 Å². The van der Waals surface area contributed by atoms with Crippen LogP contribution in [0.4, 0.5) is 5.82 Å². The van der Waals surface area contributed by atoms with Crippen LogP contribution in [0.2, 0.25) is 0 Å². The van der Waals surface area contributed by atoms with Crippen molar-refractivity contribution in [2.75, 3.05) is 11.9 Å². The number of benzene rings is 1. The van der Waals surface area contributed by atoms with Crippen molar-refractivity contribution in [1.82, 2.24) is 19.6 Å². The molecule has 0 amide bonds. The first-order valence-corrected chi connectivity index (χ1v) is 6.95. The van der Waals surface area contributed by atoms with Gasteiger partial charge in [0.2, 0.25) is 0 Å². The molecule has 0 spiro atoms. The van der Waals surface area contributed by atoms with Gasteiger partial charge in [-0.3, -0.25) is 0 Å². The van der Waals surface area contributed by atoms with Crippen LogP contribution >= 0.6 is 0 Å². The lowest BCUT2D eigenvalue weighted by Crippen LogP contribution is -2.24. The highest BCUT2D eigenvalue weighted by atomic mass is 16.3.